The van der Waals surface area contributed by atoms with Crippen LogP contribution >= 0.6 is 11.6 Å². The zero-order chi connectivity index (χ0) is 16.0. The molecule has 7 heteroatoms. The molecule has 6 nitrogen and oxygen atoms in total. The lowest BCUT2D eigenvalue weighted by Gasteiger charge is -2.17. The summed E-state index contributed by atoms with van der Waals surface area (Å²) in [7, 11) is 0. The van der Waals surface area contributed by atoms with E-state index in [1.807, 2.05) is 6.92 Å². The number of aryl methyl sites for hydroxylation is 1. The van der Waals surface area contributed by atoms with Gasteiger partial charge in [0.1, 0.15) is 12.6 Å². The molecule has 1 aromatic rings. The van der Waals surface area contributed by atoms with E-state index in [4.69, 9.17) is 16.7 Å². The fraction of sp³-hybridized carbons (Fsp3) is 0.429. The minimum absolute atomic E-state index is 0.183. The summed E-state index contributed by atoms with van der Waals surface area (Å²) >= 11 is 5.85. The van der Waals surface area contributed by atoms with Crippen LogP contribution in [-0.2, 0) is 9.59 Å². The summed E-state index contributed by atoms with van der Waals surface area (Å²) in [4.78, 5) is 22.9. The maximum Gasteiger partial charge on any atom is 0.230 e. The van der Waals surface area contributed by atoms with Gasteiger partial charge in [0.25, 0.3) is 0 Å². The predicted octanol–water partition coefficient (Wildman–Crippen LogP) is -0.960. The van der Waals surface area contributed by atoms with Gasteiger partial charge in [-0.2, -0.15) is 0 Å². The average Bonchev–Trinajstić information content (AvgIpc) is 2.38. The quantitative estimate of drug-likeness (QED) is 0.602. The standard InChI is InChI=1S/C14H19ClN2O4/c1-8-3-4-10(15)5-11(8)17-13(19)6-12(14(20)21)16-7-9(2)18/h3-5,9,12,16,18H,6-7H2,1-2H3,(H,17,19)(H,20,21)/t9-,12+/m1/s1. The highest BCUT2D eigenvalue weighted by molar-refractivity contribution is 6.31. The first-order valence-corrected chi connectivity index (χ1v) is 6.95. The van der Waals surface area contributed by atoms with E-state index in [0.29, 0.717) is 10.7 Å². The minimum Gasteiger partial charge on any atom is -0.544 e. The summed E-state index contributed by atoms with van der Waals surface area (Å²) in [6, 6.07) is 4.02. The Morgan fingerprint density at radius 3 is 2.71 bits per heavy atom. The van der Waals surface area contributed by atoms with E-state index in [-0.39, 0.29) is 13.0 Å². The summed E-state index contributed by atoms with van der Waals surface area (Å²) in [6.07, 6.45) is -0.911. The Morgan fingerprint density at radius 2 is 2.14 bits per heavy atom. The van der Waals surface area contributed by atoms with Crippen LogP contribution in [-0.4, -0.2) is 35.7 Å². The fourth-order valence-electron chi connectivity index (χ4n) is 1.75. The second-order valence-corrected chi connectivity index (χ2v) is 5.39. The molecule has 0 saturated heterocycles. The van der Waals surface area contributed by atoms with Crippen LogP contribution in [0.5, 0.6) is 0 Å². The number of aliphatic hydroxyl groups is 1. The molecule has 0 aliphatic carbocycles. The van der Waals surface area contributed by atoms with Gasteiger partial charge in [0.05, 0.1) is 18.5 Å². The number of quaternary nitrogens is 1. The van der Waals surface area contributed by atoms with Crippen LogP contribution in [0.2, 0.25) is 5.02 Å². The number of carbonyl (C=O) groups excluding carboxylic acids is 2. The number of anilines is 1. The lowest BCUT2D eigenvalue weighted by molar-refractivity contribution is -0.687. The summed E-state index contributed by atoms with van der Waals surface area (Å²) in [5.74, 6) is -1.79. The number of aliphatic carboxylic acids is 1. The molecule has 1 rings (SSSR count). The van der Waals surface area contributed by atoms with Gasteiger partial charge < -0.3 is 25.6 Å². The number of rotatable bonds is 7. The number of carboxylic acids is 1. The van der Waals surface area contributed by atoms with Crippen molar-refractivity contribution in [3.63, 3.8) is 0 Å². The van der Waals surface area contributed by atoms with Crippen LogP contribution < -0.4 is 15.7 Å². The average molecular weight is 315 g/mol. The molecular formula is C14H19ClN2O4. The van der Waals surface area contributed by atoms with Crippen LogP contribution in [0, 0.1) is 6.92 Å². The summed E-state index contributed by atoms with van der Waals surface area (Å²) in [5, 5.41) is 24.6. The second kappa shape index (κ2) is 7.97. The minimum atomic E-state index is -1.34. The summed E-state index contributed by atoms with van der Waals surface area (Å²) in [6.45, 7) is 3.53. The van der Waals surface area contributed by atoms with Crippen molar-refractivity contribution in [1.82, 2.24) is 0 Å². The van der Waals surface area contributed by atoms with Gasteiger partial charge in [-0.25, -0.2) is 0 Å². The molecule has 0 saturated carbocycles. The number of carbonyl (C=O) groups is 2. The number of hydrogen-bond acceptors (Lipinski definition) is 4. The Bertz CT molecular complexity index is 520. The number of halogens is 1. The number of hydrogen-bond donors (Lipinski definition) is 3. The van der Waals surface area contributed by atoms with Gasteiger partial charge in [0.2, 0.25) is 5.91 Å². The van der Waals surface area contributed by atoms with E-state index in [9.17, 15) is 14.7 Å². The third-order valence-electron chi connectivity index (χ3n) is 2.94. The molecule has 0 aromatic heterocycles. The normalized spacial score (nSPS) is 13.5. The molecule has 0 bridgehead atoms. The Balaban J connectivity index is 2.65. The molecule has 0 fully saturated rings. The first kappa shape index (κ1) is 17.4. The number of carboxylic acid groups (broad SMARTS) is 1. The van der Waals surface area contributed by atoms with Crippen LogP contribution in [0.25, 0.3) is 0 Å². The largest absolute Gasteiger partial charge is 0.544 e. The summed E-state index contributed by atoms with van der Waals surface area (Å²) in [5.41, 5.74) is 1.37. The first-order chi connectivity index (χ1) is 9.79. The predicted molar refractivity (Wildman–Crippen MR) is 76.7 cm³/mol. The van der Waals surface area contributed by atoms with Crippen LogP contribution in [0.3, 0.4) is 0 Å². The van der Waals surface area contributed by atoms with Crippen molar-refractivity contribution >= 4 is 29.2 Å². The molecule has 1 aromatic carbocycles. The van der Waals surface area contributed by atoms with E-state index in [2.05, 4.69) is 5.32 Å². The van der Waals surface area contributed by atoms with E-state index in [1.165, 1.54) is 12.2 Å². The number of aliphatic hydroxyl groups excluding tert-OH is 1. The van der Waals surface area contributed by atoms with Crippen LogP contribution in [0.1, 0.15) is 18.9 Å². The molecule has 0 aliphatic heterocycles. The number of benzene rings is 1. The maximum atomic E-state index is 11.9. The highest BCUT2D eigenvalue weighted by atomic mass is 35.5. The lowest BCUT2D eigenvalue weighted by atomic mass is 10.1. The summed E-state index contributed by atoms with van der Waals surface area (Å²) < 4.78 is 0. The van der Waals surface area contributed by atoms with Crippen molar-refractivity contribution in [1.29, 1.82) is 0 Å². The lowest BCUT2D eigenvalue weighted by Crippen LogP contribution is -2.94. The Kier molecular flexibility index (Phi) is 6.61. The van der Waals surface area contributed by atoms with Gasteiger partial charge in [-0.3, -0.25) is 4.79 Å². The molecule has 4 N–H and O–H groups in total. The van der Waals surface area contributed by atoms with Gasteiger partial charge >= 0.3 is 0 Å². The molecule has 0 aliphatic rings. The van der Waals surface area contributed by atoms with Crippen molar-refractivity contribution < 1.29 is 25.1 Å². The highest BCUT2D eigenvalue weighted by Gasteiger charge is 2.19. The van der Waals surface area contributed by atoms with E-state index in [1.54, 1.807) is 18.2 Å². The van der Waals surface area contributed by atoms with Crippen molar-refractivity contribution in [2.24, 2.45) is 0 Å². The van der Waals surface area contributed by atoms with Gasteiger partial charge in [-0.05, 0) is 31.5 Å². The van der Waals surface area contributed by atoms with Gasteiger partial charge in [-0.15, -0.1) is 0 Å². The van der Waals surface area contributed by atoms with Crippen molar-refractivity contribution in [3.8, 4) is 0 Å². The zero-order valence-electron chi connectivity index (χ0n) is 11.9. The molecule has 0 spiro atoms. The number of nitrogens with one attached hydrogen (secondary N) is 1. The van der Waals surface area contributed by atoms with Crippen molar-refractivity contribution in [2.75, 3.05) is 11.9 Å². The number of amides is 1. The van der Waals surface area contributed by atoms with E-state index < -0.39 is 24.0 Å². The third kappa shape index (κ3) is 6.12. The monoisotopic (exact) mass is 314 g/mol. The molecule has 1 amide bonds. The molecular weight excluding hydrogens is 296 g/mol. The molecule has 0 unspecified atom stereocenters. The molecule has 21 heavy (non-hydrogen) atoms. The fourth-order valence-corrected chi connectivity index (χ4v) is 1.93. The zero-order valence-corrected chi connectivity index (χ0v) is 12.7. The Morgan fingerprint density at radius 1 is 1.48 bits per heavy atom. The molecule has 0 radical (unpaired) electrons. The van der Waals surface area contributed by atoms with Crippen molar-refractivity contribution in [3.05, 3.63) is 28.8 Å². The second-order valence-electron chi connectivity index (χ2n) is 4.96. The highest BCUT2D eigenvalue weighted by Crippen LogP contribution is 2.20. The van der Waals surface area contributed by atoms with E-state index in [0.717, 1.165) is 5.56 Å². The van der Waals surface area contributed by atoms with E-state index >= 15 is 0 Å². The maximum absolute atomic E-state index is 11.9. The Hall–Kier alpha value is -1.63. The molecule has 0 heterocycles. The van der Waals surface area contributed by atoms with Gasteiger partial charge in [0, 0.05) is 10.7 Å². The first-order valence-electron chi connectivity index (χ1n) is 6.58. The van der Waals surface area contributed by atoms with Crippen molar-refractivity contribution in [2.45, 2.75) is 32.4 Å². The number of nitrogens with two attached hydrogens (primary N) is 1. The topological polar surface area (TPSA) is 106 Å². The van der Waals surface area contributed by atoms with Gasteiger partial charge in [0.15, 0.2) is 0 Å². The molecule has 116 valence electrons. The van der Waals surface area contributed by atoms with Gasteiger partial charge in [-0.1, -0.05) is 17.7 Å². The van der Waals surface area contributed by atoms with Crippen LogP contribution in [0.15, 0.2) is 18.2 Å². The Labute approximate surface area is 128 Å². The smallest absolute Gasteiger partial charge is 0.230 e. The van der Waals surface area contributed by atoms with Crippen LogP contribution in [0.4, 0.5) is 5.69 Å². The molecule has 2 atom stereocenters. The SMILES string of the molecule is Cc1ccc(Cl)cc1NC(=O)C[C@H]([NH2+]C[C@@H](C)O)C(=O)[O-]. The third-order valence-corrected chi connectivity index (χ3v) is 3.18.